The van der Waals surface area contributed by atoms with E-state index in [-0.39, 0.29) is 18.4 Å². The maximum Gasteiger partial charge on any atom is 0.262 e. The van der Waals surface area contributed by atoms with E-state index in [2.05, 4.69) is 5.32 Å². The van der Waals surface area contributed by atoms with Gasteiger partial charge in [0.15, 0.2) is 18.1 Å². The van der Waals surface area contributed by atoms with Crippen LogP contribution in [0.4, 0.5) is 5.69 Å². The number of rotatable bonds is 7. The van der Waals surface area contributed by atoms with Crippen LogP contribution in [0.3, 0.4) is 0 Å². The SMILES string of the molecule is COc1cc(NC(=O)COc2cccc(C)c2)c(C(=O)N2CCCCC2)cc1OC. The average molecular weight is 412 g/mol. The Kier molecular flexibility index (Phi) is 7.17. The van der Waals surface area contributed by atoms with Gasteiger partial charge in [0.1, 0.15) is 5.75 Å². The van der Waals surface area contributed by atoms with E-state index >= 15 is 0 Å². The van der Waals surface area contributed by atoms with Crippen molar-refractivity contribution < 1.29 is 23.8 Å². The number of piperidine rings is 1. The van der Waals surface area contributed by atoms with Crippen LogP contribution < -0.4 is 19.5 Å². The number of carbonyl (C=O) groups is 2. The molecule has 1 aliphatic heterocycles. The molecule has 1 aliphatic rings. The topological polar surface area (TPSA) is 77.1 Å². The van der Waals surface area contributed by atoms with E-state index in [9.17, 15) is 9.59 Å². The van der Waals surface area contributed by atoms with Crippen molar-refractivity contribution in [1.29, 1.82) is 0 Å². The van der Waals surface area contributed by atoms with Crippen molar-refractivity contribution in [3.05, 3.63) is 47.5 Å². The molecule has 0 bridgehead atoms. The van der Waals surface area contributed by atoms with Crippen molar-refractivity contribution in [2.24, 2.45) is 0 Å². The Morgan fingerprint density at radius 1 is 1.00 bits per heavy atom. The predicted molar refractivity (Wildman–Crippen MR) is 115 cm³/mol. The summed E-state index contributed by atoms with van der Waals surface area (Å²) in [6.07, 6.45) is 3.08. The van der Waals surface area contributed by atoms with Crippen LogP contribution in [0.25, 0.3) is 0 Å². The summed E-state index contributed by atoms with van der Waals surface area (Å²) in [5, 5.41) is 2.79. The number of carbonyl (C=O) groups excluding carboxylic acids is 2. The van der Waals surface area contributed by atoms with Gasteiger partial charge in [-0.05, 0) is 49.9 Å². The summed E-state index contributed by atoms with van der Waals surface area (Å²) in [5.74, 6) is 0.985. The molecule has 1 saturated heterocycles. The Morgan fingerprint density at radius 3 is 2.37 bits per heavy atom. The van der Waals surface area contributed by atoms with Gasteiger partial charge in [-0.3, -0.25) is 9.59 Å². The van der Waals surface area contributed by atoms with Crippen LogP contribution in [-0.4, -0.2) is 50.6 Å². The first kappa shape index (κ1) is 21.5. The smallest absolute Gasteiger partial charge is 0.262 e. The lowest BCUT2D eigenvalue weighted by atomic mass is 10.1. The fraction of sp³-hybridized carbons (Fsp3) is 0.391. The van der Waals surface area contributed by atoms with Gasteiger partial charge in [0.05, 0.1) is 25.5 Å². The van der Waals surface area contributed by atoms with Crippen LogP contribution in [0.2, 0.25) is 0 Å². The third kappa shape index (κ3) is 5.23. The first-order valence-electron chi connectivity index (χ1n) is 10.1. The molecule has 3 rings (SSSR count). The quantitative estimate of drug-likeness (QED) is 0.751. The van der Waals surface area contributed by atoms with Crippen molar-refractivity contribution in [3.8, 4) is 17.2 Å². The van der Waals surface area contributed by atoms with Crippen molar-refractivity contribution in [2.45, 2.75) is 26.2 Å². The number of amides is 2. The van der Waals surface area contributed by atoms with E-state index in [4.69, 9.17) is 14.2 Å². The summed E-state index contributed by atoms with van der Waals surface area (Å²) in [6, 6.07) is 10.7. The minimum absolute atomic E-state index is 0.134. The number of methoxy groups -OCH3 is 2. The molecule has 0 saturated carbocycles. The number of likely N-dealkylation sites (tertiary alicyclic amines) is 1. The molecule has 0 unspecified atom stereocenters. The standard InChI is InChI=1S/C23H28N2O5/c1-16-8-7-9-17(12-16)30-15-22(26)24-19-14-21(29-3)20(28-2)13-18(19)23(27)25-10-5-4-6-11-25/h7-9,12-14H,4-6,10-11,15H2,1-3H3,(H,24,26). The van der Waals surface area contributed by atoms with Gasteiger partial charge >= 0.3 is 0 Å². The normalized spacial score (nSPS) is 13.5. The average Bonchev–Trinajstić information content (AvgIpc) is 2.77. The second kappa shape index (κ2) is 10.0. The van der Waals surface area contributed by atoms with Gasteiger partial charge in [0.2, 0.25) is 0 Å². The molecule has 7 nitrogen and oxygen atoms in total. The van der Waals surface area contributed by atoms with Gasteiger partial charge in [0.25, 0.3) is 11.8 Å². The molecule has 2 amide bonds. The second-order valence-electron chi connectivity index (χ2n) is 7.26. The highest BCUT2D eigenvalue weighted by Crippen LogP contribution is 2.34. The zero-order chi connectivity index (χ0) is 21.5. The van der Waals surface area contributed by atoms with E-state index in [0.29, 0.717) is 41.6 Å². The minimum atomic E-state index is -0.364. The van der Waals surface area contributed by atoms with Gasteiger partial charge in [0, 0.05) is 19.2 Å². The number of aryl methyl sites for hydroxylation is 1. The Labute approximate surface area is 176 Å². The number of hydrogen-bond acceptors (Lipinski definition) is 5. The predicted octanol–water partition coefficient (Wildman–Crippen LogP) is 3.66. The summed E-state index contributed by atoms with van der Waals surface area (Å²) in [7, 11) is 3.03. The zero-order valence-corrected chi connectivity index (χ0v) is 17.7. The van der Waals surface area contributed by atoms with Gasteiger partial charge in [-0.2, -0.15) is 0 Å². The van der Waals surface area contributed by atoms with Crippen LogP contribution in [0.5, 0.6) is 17.2 Å². The Morgan fingerprint density at radius 2 is 1.70 bits per heavy atom. The van der Waals surface area contributed by atoms with E-state index in [0.717, 1.165) is 24.8 Å². The summed E-state index contributed by atoms with van der Waals surface area (Å²) < 4.78 is 16.3. The number of hydrogen-bond donors (Lipinski definition) is 1. The number of nitrogens with one attached hydrogen (secondary N) is 1. The molecule has 1 N–H and O–H groups in total. The molecule has 0 atom stereocenters. The largest absolute Gasteiger partial charge is 0.493 e. The molecule has 0 aromatic heterocycles. The molecule has 1 fully saturated rings. The third-order valence-electron chi connectivity index (χ3n) is 5.03. The third-order valence-corrected chi connectivity index (χ3v) is 5.03. The van der Waals surface area contributed by atoms with Crippen molar-refractivity contribution in [1.82, 2.24) is 4.90 Å². The molecular formula is C23H28N2O5. The zero-order valence-electron chi connectivity index (χ0n) is 17.7. The fourth-order valence-corrected chi connectivity index (χ4v) is 3.47. The lowest BCUT2D eigenvalue weighted by Gasteiger charge is -2.28. The summed E-state index contributed by atoms with van der Waals surface area (Å²) in [6.45, 7) is 3.19. The highest BCUT2D eigenvalue weighted by Gasteiger charge is 2.24. The van der Waals surface area contributed by atoms with Crippen molar-refractivity contribution in [2.75, 3.05) is 39.2 Å². The van der Waals surface area contributed by atoms with E-state index in [1.165, 1.54) is 14.2 Å². The first-order valence-corrected chi connectivity index (χ1v) is 10.1. The molecule has 1 heterocycles. The molecule has 7 heteroatoms. The molecule has 0 spiro atoms. The number of nitrogens with zero attached hydrogens (tertiary/aromatic N) is 1. The Hall–Kier alpha value is -3.22. The molecule has 2 aromatic carbocycles. The monoisotopic (exact) mass is 412 g/mol. The van der Waals surface area contributed by atoms with Gasteiger partial charge < -0.3 is 24.4 Å². The van der Waals surface area contributed by atoms with Crippen molar-refractivity contribution >= 4 is 17.5 Å². The molecule has 0 radical (unpaired) electrons. The van der Waals surface area contributed by atoms with E-state index in [1.807, 2.05) is 30.0 Å². The number of ether oxygens (including phenoxy) is 3. The van der Waals surface area contributed by atoms with Gasteiger partial charge in [-0.15, -0.1) is 0 Å². The molecule has 30 heavy (non-hydrogen) atoms. The molecule has 160 valence electrons. The molecular weight excluding hydrogens is 384 g/mol. The van der Waals surface area contributed by atoms with Crippen LogP contribution in [-0.2, 0) is 4.79 Å². The summed E-state index contributed by atoms with van der Waals surface area (Å²) in [5.41, 5.74) is 1.79. The maximum absolute atomic E-state index is 13.1. The van der Waals surface area contributed by atoms with E-state index < -0.39 is 0 Å². The second-order valence-corrected chi connectivity index (χ2v) is 7.26. The highest BCUT2D eigenvalue weighted by atomic mass is 16.5. The Bertz CT molecular complexity index is 906. The van der Waals surface area contributed by atoms with Gasteiger partial charge in [-0.1, -0.05) is 12.1 Å². The minimum Gasteiger partial charge on any atom is -0.493 e. The molecule has 0 aliphatic carbocycles. The first-order chi connectivity index (χ1) is 14.5. The van der Waals surface area contributed by atoms with Crippen LogP contribution in [0.1, 0.15) is 35.2 Å². The lowest BCUT2D eigenvalue weighted by Crippen LogP contribution is -2.36. The number of benzene rings is 2. The Balaban J connectivity index is 1.80. The fourth-order valence-electron chi connectivity index (χ4n) is 3.47. The van der Waals surface area contributed by atoms with Crippen LogP contribution in [0, 0.1) is 6.92 Å². The highest BCUT2D eigenvalue weighted by molar-refractivity contribution is 6.05. The lowest BCUT2D eigenvalue weighted by molar-refractivity contribution is -0.118. The molecule has 2 aromatic rings. The van der Waals surface area contributed by atoms with Crippen LogP contribution >= 0.6 is 0 Å². The van der Waals surface area contributed by atoms with Crippen LogP contribution in [0.15, 0.2) is 36.4 Å². The maximum atomic E-state index is 13.1. The number of anilines is 1. The summed E-state index contributed by atoms with van der Waals surface area (Å²) >= 11 is 0. The van der Waals surface area contributed by atoms with E-state index in [1.54, 1.807) is 18.2 Å². The van der Waals surface area contributed by atoms with Crippen molar-refractivity contribution in [3.63, 3.8) is 0 Å². The summed E-state index contributed by atoms with van der Waals surface area (Å²) in [4.78, 5) is 27.5. The van der Waals surface area contributed by atoms with Gasteiger partial charge in [-0.25, -0.2) is 0 Å².